The maximum Gasteiger partial charge on any atom is 0.340 e. The van der Waals surface area contributed by atoms with Crippen molar-refractivity contribution < 1.29 is 18.7 Å². The van der Waals surface area contributed by atoms with Crippen LogP contribution in [-0.4, -0.2) is 28.5 Å². The van der Waals surface area contributed by atoms with Crippen molar-refractivity contribution in [2.45, 2.75) is 6.54 Å². The van der Waals surface area contributed by atoms with E-state index < -0.39 is 23.3 Å². The number of aromatic nitrogens is 2. The Morgan fingerprint density at radius 1 is 1.23 bits per heavy atom. The SMILES string of the molecule is COC(=O)c1cc(NC(=O)Cn2c(=O)cnc3ccccc32)ccc1F. The molecule has 3 rings (SSSR count). The first-order chi connectivity index (χ1) is 12.5. The Morgan fingerprint density at radius 3 is 2.77 bits per heavy atom. The van der Waals surface area contributed by atoms with Crippen LogP contribution in [-0.2, 0) is 16.1 Å². The summed E-state index contributed by atoms with van der Waals surface area (Å²) < 4.78 is 19.4. The molecule has 3 aromatic rings. The molecule has 2 aromatic carbocycles. The summed E-state index contributed by atoms with van der Waals surface area (Å²) in [5, 5.41) is 2.54. The lowest BCUT2D eigenvalue weighted by atomic mass is 10.2. The number of fused-ring (bicyclic) bond motifs is 1. The predicted octanol–water partition coefficient (Wildman–Crippen LogP) is 1.96. The smallest absolute Gasteiger partial charge is 0.340 e. The lowest BCUT2D eigenvalue weighted by molar-refractivity contribution is -0.116. The molecule has 7 nitrogen and oxygen atoms in total. The van der Waals surface area contributed by atoms with Gasteiger partial charge in [-0.2, -0.15) is 0 Å². The summed E-state index contributed by atoms with van der Waals surface area (Å²) in [6, 6.07) is 10.5. The van der Waals surface area contributed by atoms with Crippen molar-refractivity contribution in [3.8, 4) is 0 Å². The second-order valence-corrected chi connectivity index (χ2v) is 5.41. The molecule has 0 fully saturated rings. The van der Waals surface area contributed by atoms with Gasteiger partial charge in [0.25, 0.3) is 5.56 Å². The number of amides is 1. The molecular weight excluding hydrogens is 341 g/mol. The van der Waals surface area contributed by atoms with E-state index in [1.165, 1.54) is 16.7 Å². The predicted molar refractivity (Wildman–Crippen MR) is 92.4 cm³/mol. The van der Waals surface area contributed by atoms with Crippen molar-refractivity contribution in [3.05, 3.63) is 70.4 Å². The molecule has 0 aliphatic carbocycles. The molecule has 0 aliphatic heterocycles. The van der Waals surface area contributed by atoms with Crippen LogP contribution in [0.1, 0.15) is 10.4 Å². The third-order valence-electron chi connectivity index (χ3n) is 3.71. The maximum atomic E-state index is 13.7. The summed E-state index contributed by atoms with van der Waals surface area (Å²) in [7, 11) is 1.13. The Labute approximate surface area is 147 Å². The summed E-state index contributed by atoms with van der Waals surface area (Å²) in [4.78, 5) is 39.9. The molecule has 132 valence electrons. The Kier molecular flexibility index (Phi) is 4.74. The standard InChI is InChI=1S/C18H14FN3O4/c1-26-18(25)12-8-11(6-7-13(12)19)21-16(23)10-22-15-5-3-2-4-14(15)20-9-17(22)24/h2-9H,10H2,1H3,(H,21,23). The maximum absolute atomic E-state index is 13.7. The zero-order chi connectivity index (χ0) is 18.7. The first-order valence-electron chi connectivity index (χ1n) is 7.62. The number of carbonyl (C=O) groups is 2. The van der Waals surface area contributed by atoms with Gasteiger partial charge in [-0.25, -0.2) is 14.2 Å². The van der Waals surface area contributed by atoms with E-state index >= 15 is 0 Å². The number of hydrogen-bond donors (Lipinski definition) is 1. The quantitative estimate of drug-likeness (QED) is 0.723. The molecule has 8 heteroatoms. The summed E-state index contributed by atoms with van der Waals surface area (Å²) in [5.41, 5.74) is 0.590. The molecule has 1 N–H and O–H groups in total. The molecule has 1 aromatic heterocycles. The summed E-state index contributed by atoms with van der Waals surface area (Å²) in [6.07, 6.45) is 1.14. The summed E-state index contributed by atoms with van der Waals surface area (Å²) in [5.74, 6) is -2.12. The number of nitrogens with one attached hydrogen (secondary N) is 1. The van der Waals surface area contributed by atoms with Crippen molar-refractivity contribution in [1.29, 1.82) is 0 Å². The molecule has 0 radical (unpaired) electrons. The molecule has 0 saturated heterocycles. The van der Waals surface area contributed by atoms with Crippen LogP contribution in [0, 0.1) is 5.82 Å². The minimum atomic E-state index is -0.852. The minimum absolute atomic E-state index is 0.211. The molecule has 0 unspecified atom stereocenters. The summed E-state index contributed by atoms with van der Waals surface area (Å²) in [6.45, 7) is -0.257. The summed E-state index contributed by atoms with van der Waals surface area (Å²) >= 11 is 0. The Hall–Kier alpha value is -3.55. The molecule has 26 heavy (non-hydrogen) atoms. The third-order valence-corrected chi connectivity index (χ3v) is 3.71. The van der Waals surface area contributed by atoms with E-state index in [0.29, 0.717) is 11.0 Å². The van der Waals surface area contributed by atoms with Crippen LogP contribution in [0.4, 0.5) is 10.1 Å². The molecule has 0 spiro atoms. The largest absolute Gasteiger partial charge is 0.465 e. The highest BCUT2D eigenvalue weighted by atomic mass is 19.1. The highest BCUT2D eigenvalue weighted by molar-refractivity contribution is 5.95. The van der Waals surface area contributed by atoms with E-state index in [2.05, 4.69) is 15.0 Å². The number of nitrogens with zero attached hydrogens (tertiary/aromatic N) is 2. The van der Waals surface area contributed by atoms with Crippen molar-refractivity contribution in [2.24, 2.45) is 0 Å². The second-order valence-electron chi connectivity index (χ2n) is 5.41. The van der Waals surface area contributed by atoms with Crippen LogP contribution in [0.3, 0.4) is 0 Å². The van der Waals surface area contributed by atoms with Gasteiger partial charge in [0.15, 0.2) is 0 Å². The minimum Gasteiger partial charge on any atom is -0.465 e. The number of hydrogen-bond acceptors (Lipinski definition) is 5. The van der Waals surface area contributed by atoms with Gasteiger partial charge in [-0.1, -0.05) is 12.1 Å². The Balaban J connectivity index is 1.86. The van der Waals surface area contributed by atoms with Crippen molar-refractivity contribution in [2.75, 3.05) is 12.4 Å². The van der Waals surface area contributed by atoms with Gasteiger partial charge < -0.3 is 10.1 Å². The number of anilines is 1. The van der Waals surface area contributed by atoms with E-state index in [-0.39, 0.29) is 17.8 Å². The van der Waals surface area contributed by atoms with Gasteiger partial charge in [-0.3, -0.25) is 14.2 Å². The number of para-hydroxylation sites is 2. The topological polar surface area (TPSA) is 90.3 Å². The zero-order valence-corrected chi connectivity index (χ0v) is 13.7. The third kappa shape index (κ3) is 3.44. The van der Waals surface area contributed by atoms with Gasteiger partial charge in [0.05, 0.1) is 29.9 Å². The van der Waals surface area contributed by atoms with Gasteiger partial charge in [-0.15, -0.1) is 0 Å². The van der Waals surface area contributed by atoms with Gasteiger partial charge in [0.1, 0.15) is 12.4 Å². The van der Waals surface area contributed by atoms with Gasteiger partial charge >= 0.3 is 5.97 Å². The Morgan fingerprint density at radius 2 is 2.00 bits per heavy atom. The molecule has 1 amide bonds. The highest BCUT2D eigenvalue weighted by Gasteiger charge is 2.14. The average Bonchev–Trinajstić information content (AvgIpc) is 2.65. The number of esters is 1. The van der Waals surface area contributed by atoms with Crippen LogP contribution in [0.15, 0.2) is 53.5 Å². The molecule has 0 atom stereocenters. The fraction of sp³-hybridized carbons (Fsp3) is 0.111. The normalized spacial score (nSPS) is 10.5. The molecule has 0 bridgehead atoms. The van der Waals surface area contributed by atoms with Gasteiger partial charge in [0, 0.05) is 5.69 Å². The molecular formula is C18H14FN3O4. The van der Waals surface area contributed by atoms with Crippen molar-refractivity contribution in [3.63, 3.8) is 0 Å². The average molecular weight is 355 g/mol. The number of benzene rings is 2. The molecule has 0 saturated carbocycles. The van der Waals surface area contributed by atoms with E-state index in [0.717, 1.165) is 19.4 Å². The van der Waals surface area contributed by atoms with Crippen LogP contribution >= 0.6 is 0 Å². The first kappa shape index (κ1) is 17.3. The highest BCUT2D eigenvalue weighted by Crippen LogP contribution is 2.16. The van der Waals surface area contributed by atoms with E-state index in [1.54, 1.807) is 24.3 Å². The number of ether oxygens (including phenoxy) is 1. The van der Waals surface area contributed by atoms with Crippen LogP contribution in [0.2, 0.25) is 0 Å². The van der Waals surface area contributed by atoms with E-state index in [4.69, 9.17) is 0 Å². The fourth-order valence-corrected chi connectivity index (χ4v) is 2.49. The van der Waals surface area contributed by atoms with Crippen LogP contribution in [0.5, 0.6) is 0 Å². The number of methoxy groups -OCH3 is 1. The second kappa shape index (κ2) is 7.14. The van der Waals surface area contributed by atoms with E-state index in [1.807, 2.05) is 0 Å². The fourth-order valence-electron chi connectivity index (χ4n) is 2.49. The van der Waals surface area contributed by atoms with Gasteiger partial charge in [0.2, 0.25) is 5.91 Å². The van der Waals surface area contributed by atoms with E-state index in [9.17, 15) is 18.8 Å². The van der Waals surface area contributed by atoms with Gasteiger partial charge in [-0.05, 0) is 30.3 Å². The van der Waals surface area contributed by atoms with Crippen LogP contribution in [0.25, 0.3) is 11.0 Å². The molecule has 1 heterocycles. The lowest BCUT2D eigenvalue weighted by Gasteiger charge is -2.11. The number of rotatable bonds is 4. The lowest BCUT2D eigenvalue weighted by Crippen LogP contribution is -2.28. The number of halogens is 1. The van der Waals surface area contributed by atoms with Crippen LogP contribution < -0.4 is 10.9 Å². The van der Waals surface area contributed by atoms with Crippen molar-refractivity contribution >= 4 is 28.6 Å². The zero-order valence-electron chi connectivity index (χ0n) is 13.7. The Bertz CT molecular complexity index is 1060. The monoisotopic (exact) mass is 355 g/mol. The molecule has 0 aliphatic rings. The number of carbonyl (C=O) groups excluding carboxylic acids is 2. The first-order valence-corrected chi connectivity index (χ1v) is 7.62. The van der Waals surface area contributed by atoms with Crippen molar-refractivity contribution in [1.82, 2.24) is 9.55 Å².